The first-order chi connectivity index (χ1) is 10.7. The molecule has 23 heavy (non-hydrogen) atoms. The maximum absolute atomic E-state index is 12.5. The van der Waals surface area contributed by atoms with Gasteiger partial charge in [0, 0.05) is 12.1 Å². The first-order valence-corrected chi connectivity index (χ1v) is 8.55. The SMILES string of the molecule is Cc1ccc(CNC(=O)C2(N)CCCCC2)c(OC(C)(C)C)c1. The minimum Gasteiger partial charge on any atom is -0.488 e. The number of amides is 1. The second-order valence-corrected chi connectivity index (χ2v) is 7.73. The lowest BCUT2D eigenvalue weighted by molar-refractivity contribution is -0.127. The van der Waals surface area contributed by atoms with Crippen molar-refractivity contribution in [3.63, 3.8) is 0 Å². The van der Waals surface area contributed by atoms with Gasteiger partial charge < -0.3 is 15.8 Å². The summed E-state index contributed by atoms with van der Waals surface area (Å²) in [6.45, 7) is 8.55. The second-order valence-electron chi connectivity index (χ2n) is 7.73. The van der Waals surface area contributed by atoms with Crippen LogP contribution < -0.4 is 15.8 Å². The molecule has 4 nitrogen and oxygen atoms in total. The van der Waals surface area contributed by atoms with E-state index in [0.29, 0.717) is 6.54 Å². The average molecular weight is 318 g/mol. The summed E-state index contributed by atoms with van der Waals surface area (Å²) in [7, 11) is 0. The molecule has 1 fully saturated rings. The van der Waals surface area contributed by atoms with Crippen LogP contribution in [-0.4, -0.2) is 17.0 Å². The number of carbonyl (C=O) groups is 1. The van der Waals surface area contributed by atoms with Crippen LogP contribution in [0.5, 0.6) is 5.75 Å². The fourth-order valence-corrected chi connectivity index (χ4v) is 2.99. The van der Waals surface area contributed by atoms with Crippen LogP contribution in [0.1, 0.15) is 64.0 Å². The largest absolute Gasteiger partial charge is 0.488 e. The molecule has 1 aromatic rings. The third-order valence-corrected chi connectivity index (χ3v) is 4.28. The molecule has 1 aliphatic carbocycles. The van der Waals surface area contributed by atoms with E-state index in [0.717, 1.165) is 42.6 Å². The Morgan fingerprint density at radius 2 is 1.91 bits per heavy atom. The Hall–Kier alpha value is -1.55. The smallest absolute Gasteiger partial charge is 0.240 e. The predicted molar refractivity (Wildman–Crippen MR) is 93.4 cm³/mol. The van der Waals surface area contributed by atoms with Crippen LogP contribution in [0.15, 0.2) is 18.2 Å². The Balaban J connectivity index is 2.06. The zero-order valence-corrected chi connectivity index (χ0v) is 14.9. The summed E-state index contributed by atoms with van der Waals surface area (Å²) >= 11 is 0. The highest BCUT2D eigenvalue weighted by Gasteiger charge is 2.35. The number of nitrogens with one attached hydrogen (secondary N) is 1. The first kappa shape index (κ1) is 17.8. The van der Waals surface area contributed by atoms with Gasteiger partial charge >= 0.3 is 0 Å². The van der Waals surface area contributed by atoms with Gasteiger partial charge in [-0.3, -0.25) is 4.79 Å². The van der Waals surface area contributed by atoms with Crippen LogP contribution in [0.2, 0.25) is 0 Å². The highest BCUT2D eigenvalue weighted by atomic mass is 16.5. The van der Waals surface area contributed by atoms with E-state index >= 15 is 0 Å². The first-order valence-electron chi connectivity index (χ1n) is 8.55. The normalized spacial score (nSPS) is 17.6. The van der Waals surface area contributed by atoms with Crippen molar-refractivity contribution >= 4 is 5.91 Å². The fraction of sp³-hybridized carbons (Fsp3) is 0.632. The molecule has 0 unspecified atom stereocenters. The number of nitrogens with two attached hydrogens (primary N) is 1. The number of carbonyl (C=O) groups excluding carboxylic acids is 1. The molecule has 0 bridgehead atoms. The van der Waals surface area contributed by atoms with Crippen molar-refractivity contribution in [2.45, 2.75) is 77.5 Å². The van der Waals surface area contributed by atoms with Crippen molar-refractivity contribution in [2.75, 3.05) is 0 Å². The molecule has 0 aliphatic heterocycles. The Bertz CT molecular complexity index is 555. The minimum absolute atomic E-state index is 0.0421. The van der Waals surface area contributed by atoms with Gasteiger partial charge in [0.1, 0.15) is 11.4 Å². The topological polar surface area (TPSA) is 64.4 Å². The fourth-order valence-electron chi connectivity index (χ4n) is 2.99. The number of ether oxygens (including phenoxy) is 1. The van der Waals surface area contributed by atoms with E-state index in [1.165, 1.54) is 6.42 Å². The molecule has 1 amide bonds. The van der Waals surface area contributed by atoms with Gasteiger partial charge in [-0.25, -0.2) is 0 Å². The Kier molecular flexibility index (Phi) is 5.35. The van der Waals surface area contributed by atoms with E-state index in [-0.39, 0.29) is 11.5 Å². The monoisotopic (exact) mass is 318 g/mol. The molecule has 0 aromatic heterocycles. The van der Waals surface area contributed by atoms with E-state index in [2.05, 4.69) is 5.32 Å². The minimum atomic E-state index is -0.700. The summed E-state index contributed by atoms with van der Waals surface area (Å²) in [5.74, 6) is 0.784. The van der Waals surface area contributed by atoms with Gasteiger partial charge in [0.15, 0.2) is 0 Å². The van der Waals surface area contributed by atoms with Gasteiger partial charge in [0.25, 0.3) is 0 Å². The van der Waals surface area contributed by atoms with Crippen molar-refractivity contribution in [1.29, 1.82) is 0 Å². The number of hydrogen-bond donors (Lipinski definition) is 2. The third-order valence-electron chi connectivity index (χ3n) is 4.28. The maximum atomic E-state index is 12.5. The summed E-state index contributed by atoms with van der Waals surface area (Å²) in [6, 6.07) is 6.07. The zero-order chi connectivity index (χ0) is 17.1. The lowest BCUT2D eigenvalue weighted by Crippen LogP contribution is -2.54. The van der Waals surface area contributed by atoms with Crippen LogP contribution in [0.4, 0.5) is 0 Å². The zero-order valence-electron chi connectivity index (χ0n) is 14.9. The van der Waals surface area contributed by atoms with Crippen molar-refractivity contribution in [1.82, 2.24) is 5.32 Å². The lowest BCUT2D eigenvalue weighted by Gasteiger charge is -2.32. The van der Waals surface area contributed by atoms with Crippen molar-refractivity contribution in [3.05, 3.63) is 29.3 Å². The second kappa shape index (κ2) is 6.91. The summed E-state index contributed by atoms with van der Waals surface area (Å²) in [5, 5.41) is 3.01. The summed E-state index contributed by atoms with van der Waals surface area (Å²) in [6.07, 6.45) is 4.80. The number of hydrogen-bond acceptors (Lipinski definition) is 3. The molecule has 2 rings (SSSR count). The standard InChI is InChI=1S/C19H30N2O2/c1-14-8-9-15(16(12-14)23-18(2,3)4)13-21-17(22)19(20)10-6-5-7-11-19/h8-9,12H,5-7,10-11,13,20H2,1-4H3,(H,21,22). The molecule has 3 N–H and O–H groups in total. The van der Waals surface area contributed by atoms with Crippen LogP contribution in [-0.2, 0) is 11.3 Å². The molecule has 1 saturated carbocycles. The molecular weight excluding hydrogens is 288 g/mol. The number of benzene rings is 1. The van der Waals surface area contributed by atoms with E-state index in [4.69, 9.17) is 10.5 Å². The molecule has 1 aliphatic rings. The molecule has 1 aromatic carbocycles. The average Bonchev–Trinajstić information content (AvgIpc) is 2.45. The maximum Gasteiger partial charge on any atom is 0.240 e. The Morgan fingerprint density at radius 1 is 1.26 bits per heavy atom. The van der Waals surface area contributed by atoms with Gasteiger partial charge in [0.05, 0.1) is 5.54 Å². The van der Waals surface area contributed by atoms with Crippen molar-refractivity contribution in [2.24, 2.45) is 5.73 Å². The molecule has 0 heterocycles. The van der Waals surface area contributed by atoms with Gasteiger partial charge in [0.2, 0.25) is 5.91 Å². The quantitative estimate of drug-likeness (QED) is 0.893. The third kappa shape index (κ3) is 4.96. The molecular formula is C19H30N2O2. The molecule has 0 spiro atoms. The molecule has 0 radical (unpaired) electrons. The van der Waals surface area contributed by atoms with E-state index in [9.17, 15) is 4.79 Å². The molecule has 0 atom stereocenters. The summed E-state index contributed by atoms with van der Waals surface area (Å²) in [4.78, 5) is 12.5. The summed E-state index contributed by atoms with van der Waals surface area (Å²) in [5.41, 5.74) is 7.44. The number of aryl methyl sites for hydroxylation is 1. The van der Waals surface area contributed by atoms with Gasteiger partial charge in [-0.1, -0.05) is 31.4 Å². The van der Waals surface area contributed by atoms with Gasteiger partial charge in [-0.2, -0.15) is 0 Å². The Morgan fingerprint density at radius 3 is 2.52 bits per heavy atom. The van der Waals surface area contributed by atoms with Crippen LogP contribution in [0.3, 0.4) is 0 Å². The highest BCUT2D eigenvalue weighted by Crippen LogP contribution is 2.27. The van der Waals surface area contributed by atoms with Crippen LogP contribution >= 0.6 is 0 Å². The molecule has 128 valence electrons. The van der Waals surface area contributed by atoms with Crippen LogP contribution in [0.25, 0.3) is 0 Å². The molecule has 4 heteroatoms. The van der Waals surface area contributed by atoms with E-state index in [1.54, 1.807) is 0 Å². The number of rotatable bonds is 4. The van der Waals surface area contributed by atoms with Crippen molar-refractivity contribution < 1.29 is 9.53 Å². The Labute approximate surface area is 139 Å². The predicted octanol–water partition coefficient (Wildman–Crippen LogP) is 3.45. The van der Waals surface area contributed by atoms with Gasteiger partial charge in [-0.15, -0.1) is 0 Å². The van der Waals surface area contributed by atoms with E-state index < -0.39 is 5.54 Å². The lowest BCUT2D eigenvalue weighted by atomic mass is 9.82. The van der Waals surface area contributed by atoms with Crippen molar-refractivity contribution in [3.8, 4) is 5.75 Å². The summed E-state index contributed by atoms with van der Waals surface area (Å²) < 4.78 is 6.03. The van der Waals surface area contributed by atoms with E-state index in [1.807, 2.05) is 45.9 Å². The van der Waals surface area contributed by atoms with Gasteiger partial charge in [-0.05, 0) is 52.2 Å². The highest BCUT2D eigenvalue weighted by molar-refractivity contribution is 5.86. The molecule has 0 saturated heterocycles. The van der Waals surface area contributed by atoms with Crippen LogP contribution in [0, 0.1) is 6.92 Å².